The van der Waals surface area contributed by atoms with Crippen molar-refractivity contribution in [1.82, 2.24) is 4.31 Å². The Morgan fingerprint density at radius 2 is 1.82 bits per heavy atom. The molecule has 0 fully saturated rings. The summed E-state index contributed by atoms with van der Waals surface area (Å²) in [5.74, 6) is 0.0157. The van der Waals surface area contributed by atoms with Gasteiger partial charge in [-0.1, -0.05) is 12.1 Å². The minimum Gasteiger partial charge on any atom is -0.490 e. The Labute approximate surface area is 163 Å². The van der Waals surface area contributed by atoms with Crippen molar-refractivity contribution >= 4 is 33.2 Å². The lowest BCUT2D eigenvalue weighted by Crippen LogP contribution is -2.44. The van der Waals surface area contributed by atoms with Crippen LogP contribution in [0.15, 0.2) is 53.4 Å². The molecule has 2 aromatic rings. The van der Waals surface area contributed by atoms with E-state index >= 15 is 0 Å². The summed E-state index contributed by atoms with van der Waals surface area (Å²) in [5.41, 5.74) is 1.12. The number of hydrogen-bond donors (Lipinski definition) is 1. The van der Waals surface area contributed by atoms with Gasteiger partial charge in [0.1, 0.15) is 12.4 Å². The van der Waals surface area contributed by atoms with Gasteiger partial charge in [0.05, 0.1) is 23.7 Å². The van der Waals surface area contributed by atoms with Gasteiger partial charge >= 0.3 is 0 Å². The van der Waals surface area contributed by atoms with E-state index in [9.17, 15) is 18.0 Å². The Hall–Kier alpha value is -2.91. The number of para-hydroxylation sites is 2. The summed E-state index contributed by atoms with van der Waals surface area (Å²) in [4.78, 5) is 25.4. The summed E-state index contributed by atoms with van der Waals surface area (Å²) < 4.78 is 32.1. The van der Waals surface area contributed by atoms with Crippen molar-refractivity contribution in [2.75, 3.05) is 37.0 Å². The predicted molar refractivity (Wildman–Crippen MR) is 105 cm³/mol. The van der Waals surface area contributed by atoms with Crippen LogP contribution in [-0.2, 0) is 19.6 Å². The first-order chi connectivity index (χ1) is 13.3. The fourth-order valence-corrected chi connectivity index (χ4v) is 4.00. The second-order valence-corrected chi connectivity index (χ2v) is 8.37. The molecule has 2 aromatic carbocycles. The molecule has 0 unspecified atom stereocenters. The third-order valence-corrected chi connectivity index (χ3v) is 6.09. The lowest BCUT2D eigenvalue weighted by atomic mass is 10.2. The van der Waals surface area contributed by atoms with Crippen molar-refractivity contribution in [3.63, 3.8) is 0 Å². The number of ether oxygens (including phenoxy) is 1. The number of hydrogen-bond acceptors (Lipinski definition) is 5. The number of nitrogens with one attached hydrogen (secondary N) is 1. The first kappa shape index (κ1) is 19.8. The molecule has 3 rings (SSSR count). The third kappa shape index (κ3) is 4.15. The van der Waals surface area contributed by atoms with E-state index in [4.69, 9.17) is 4.74 Å². The average molecular weight is 403 g/mol. The van der Waals surface area contributed by atoms with Crippen molar-refractivity contribution in [2.45, 2.75) is 11.8 Å². The zero-order valence-electron chi connectivity index (χ0n) is 15.6. The van der Waals surface area contributed by atoms with Crippen LogP contribution in [0.4, 0.5) is 11.4 Å². The zero-order valence-corrected chi connectivity index (χ0v) is 16.4. The molecule has 28 heavy (non-hydrogen) atoms. The highest BCUT2D eigenvalue weighted by molar-refractivity contribution is 7.89. The first-order valence-electron chi connectivity index (χ1n) is 8.65. The molecule has 1 heterocycles. The molecule has 1 N–H and O–H groups in total. The Bertz CT molecular complexity index is 989. The Morgan fingerprint density at radius 3 is 2.50 bits per heavy atom. The van der Waals surface area contributed by atoms with Crippen LogP contribution < -0.4 is 15.0 Å². The molecule has 0 atom stereocenters. The van der Waals surface area contributed by atoms with E-state index in [0.29, 0.717) is 30.3 Å². The summed E-state index contributed by atoms with van der Waals surface area (Å²) in [5, 5.41) is 2.58. The number of nitrogens with zero attached hydrogens (tertiary/aromatic N) is 2. The molecule has 148 valence electrons. The average Bonchev–Trinajstić information content (AvgIpc) is 2.67. The van der Waals surface area contributed by atoms with Gasteiger partial charge in [0.2, 0.25) is 21.8 Å². The molecule has 0 aromatic heterocycles. The van der Waals surface area contributed by atoms with Gasteiger partial charge in [-0.05, 0) is 36.4 Å². The van der Waals surface area contributed by atoms with E-state index in [-0.39, 0.29) is 23.3 Å². The number of carbonyl (C=O) groups excluding carboxylic acids is 2. The van der Waals surface area contributed by atoms with E-state index in [0.717, 1.165) is 4.31 Å². The first-order valence-corrected chi connectivity index (χ1v) is 10.1. The topological polar surface area (TPSA) is 96.0 Å². The van der Waals surface area contributed by atoms with Crippen LogP contribution in [0.3, 0.4) is 0 Å². The zero-order chi connectivity index (χ0) is 20.3. The molecule has 1 aliphatic rings. The van der Waals surface area contributed by atoms with Crippen molar-refractivity contribution in [1.29, 1.82) is 0 Å². The predicted octanol–water partition coefficient (Wildman–Crippen LogP) is 1.69. The van der Waals surface area contributed by atoms with Gasteiger partial charge in [0.25, 0.3) is 0 Å². The molecule has 0 saturated heterocycles. The number of likely N-dealkylation sites (N-methyl/N-ethyl adjacent to an activating group) is 1. The fraction of sp³-hybridized carbons (Fsp3) is 0.263. The normalized spacial score (nSPS) is 13.6. The van der Waals surface area contributed by atoms with Gasteiger partial charge in [-0.15, -0.1) is 0 Å². The van der Waals surface area contributed by atoms with Crippen molar-refractivity contribution < 1.29 is 22.7 Å². The number of benzene rings is 2. The number of amides is 2. The monoisotopic (exact) mass is 403 g/mol. The largest absolute Gasteiger partial charge is 0.490 e. The van der Waals surface area contributed by atoms with E-state index < -0.39 is 10.0 Å². The SMILES string of the molecule is CC(=O)Nc1ccc(S(=O)(=O)N(C)CC(=O)N2CCOc3ccccc32)cc1. The van der Waals surface area contributed by atoms with Crippen LogP contribution in [0.5, 0.6) is 5.75 Å². The van der Waals surface area contributed by atoms with E-state index in [1.165, 1.54) is 43.1 Å². The Balaban J connectivity index is 1.74. The molecular formula is C19H21N3O5S. The lowest BCUT2D eigenvalue weighted by Gasteiger charge is -2.30. The number of carbonyl (C=O) groups is 2. The molecular weight excluding hydrogens is 382 g/mol. The van der Waals surface area contributed by atoms with Crippen LogP contribution in [0.25, 0.3) is 0 Å². The van der Waals surface area contributed by atoms with Crippen molar-refractivity contribution in [3.8, 4) is 5.75 Å². The standard InChI is InChI=1S/C19H21N3O5S/c1-14(23)20-15-7-9-16(10-8-15)28(25,26)21(2)13-19(24)22-11-12-27-18-6-4-3-5-17(18)22/h3-10H,11-13H2,1-2H3,(H,20,23). The highest BCUT2D eigenvalue weighted by Crippen LogP contribution is 2.31. The molecule has 2 amide bonds. The second-order valence-electron chi connectivity index (χ2n) is 6.33. The molecule has 0 radical (unpaired) electrons. The molecule has 0 aliphatic carbocycles. The maximum Gasteiger partial charge on any atom is 0.243 e. The summed E-state index contributed by atoms with van der Waals surface area (Å²) in [6.45, 7) is 1.77. The van der Waals surface area contributed by atoms with Gasteiger partial charge in [0, 0.05) is 19.7 Å². The summed E-state index contributed by atoms with van der Waals surface area (Å²) in [6.07, 6.45) is 0. The van der Waals surface area contributed by atoms with Gasteiger partial charge in [-0.2, -0.15) is 4.31 Å². The van der Waals surface area contributed by atoms with Gasteiger partial charge in [-0.3, -0.25) is 9.59 Å². The van der Waals surface area contributed by atoms with Crippen LogP contribution in [-0.4, -0.2) is 51.3 Å². The molecule has 0 spiro atoms. The van der Waals surface area contributed by atoms with Crippen LogP contribution in [0.1, 0.15) is 6.92 Å². The highest BCUT2D eigenvalue weighted by atomic mass is 32.2. The van der Waals surface area contributed by atoms with E-state index in [2.05, 4.69) is 5.32 Å². The van der Waals surface area contributed by atoms with Crippen LogP contribution in [0.2, 0.25) is 0 Å². The number of anilines is 2. The fourth-order valence-electron chi connectivity index (χ4n) is 2.88. The number of fused-ring (bicyclic) bond motifs is 1. The third-order valence-electron chi connectivity index (χ3n) is 4.27. The van der Waals surface area contributed by atoms with Crippen LogP contribution in [0, 0.1) is 0 Å². The molecule has 0 saturated carbocycles. The number of rotatable bonds is 5. The van der Waals surface area contributed by atoms with Gasteiger partial charge < -0.3 is 15.0 Å². The molecule has 0 bridgehead atoms. The maximum absolute atomic E-state index is 12.8. The van der Waals surface area contributed by atoms with Gasteiger partial charge in [0.15, 0.2) is 0 Å². The summed E-state index contributed by atoms with van der Waals surface area (Å²) in [6, 6.07) is 12.9. The van der Waals surface area contributed by atoms with Crippen LogP contribution >= 0.6 is 0 Å². The lowest BCUT2D eigenvalue weighted by molar-refractivity contribution is -0.119. The maximum atomic E-state index is 12.8. The quantitative estimate of drug-likeness (QED) is 0.820. The number of sulfonamides is 1. The van der Waals surface area contributed by atoms with Crippen molar-refractivity contribution in [3.05, 3.63) is 48.5 Å². The Kier molecular flexibility index (Phi) is 5.66. The molecule has 1 aliphatic heterocycles. The van der Waals surface area contributed by atoms with E-state index in [1.807, 2.05) is 6.07 Å². The minimum atomic E-state index is -3.85. The van der Waals surface area contributed by atoms with E-state index in [1.54, 1.807) is 18.2 Å². The minimum absolute atomic E-state index is 0.0410. The van der Waals surface area contributed by atoms with Gasteiger partial charge in [-0.25, -0.2) is 8.42 Å². The highest BCUT2D eigenvalue weighted by Gasteiger charge is 2.28. The summed E-state index contributed by atoms with van der Waals surface area (Å²) in [7, 11) is -2.49. The summed E-state index contributed by atoms with van der Waals surface area (Å²) >= 11 is 0. The smallest absolute Gasteiger partial charge is 0.243 e. The second kappa shape index (κ2) is 7.99. The molecule has 8 nitrogen and oxygen atoms in total. The molecule has 9 heteroatoms. The van der Waals surface area contributed by atoms with Crippen molar-refractivity contribution in [2.24, 2.45) is 0 Å². The Morgan fingerprint density at radius 1 is 1.14 bits per heavy atom.